The second-order valence-electron chi connectivity index (χ2n) is 9.23. The molecule has 0 aliphatic carbocycles. The lowest BCUT2D eigenvalue weighted by Gasteiger charge is -2.24. The van der Waals surface area contributed by atoms with Crippen LogP contribution in [0.15, 0.2) is 35.4 Å². The normalized spacial score (nSPS) is 16.2. The SMILES string of the molecule is Cc1ncc(Nc2cc(Nc3ccc([C@@H]4CCCCO4)cc3S(C)(=O)=O)c3nc(C(F)F)[nH]c3n2)nc1C. The number of anilines is 4. The fraction of sp³-hybridized carbons (Fsp3) is 0.360. The number of benzene rings is 1. The van der Waals surface area contributed by atoms with Crippen LogP contribution in [0.2, 0.25) is 0 Å². The third-order valence-corrected chi connectivity index (χ3v) is 7.49. The van der Waals surface area contributed by atoms with Gasteiger partial charge in [-0.15, -0.1) is 0 Å². The van der Waals surface area contributed by atoms with E-state index in [1.165, 1.54) is 6.20 Å². The smallest absolute Gasteiger partial charge is 0.295 e. The van der Waals surface area contributed by atoms with Crippen molar-refractivity contribution in [2.24, 2.45) is 0 Å². The van der Waals surface area contributed by atoms with Crippen LogP contribution in [0.3, 0.4) is 0 Å². The molecule has 3 N–H and O–H groups in total. The molecule has 0 radical (unpaired) electrons. The molecular weight excluding hydrogens is 516 g/mol. The highest BCUT2D eigenvalue weighted by Gasteiger charge is 2.23. The maximum atomic E-state index is 13.5. The van der Waals surface area contributed by atoms with E-state index in [1.54, 1.807) is 18.2 Å². The van der Waals surface area contributed by atoms with Crippen LogP contribution in [-0.2, 0) is 14.6 Å². The Bertz CT molecular complexity index is 1600. The van der Waals surface area contributed by atoms with E-state index in [4.69, 9.17) is 4.74 Å². The molecule has 13 heteroatoms. The van der Waals surface area contributed by atoms with Crippen LogP contribution in [0.5, 0.6) is 0 Å². The van der Waals surface area contributed by atoms with E-state index < -0.39 is 22.1 Å². The van der Waals surface area contributed by atoms with Crippen LogP contribution in [0.1, 0.15) is 54.6 Å². The number of aromatic amines is 1. The Morgan fingerprint density at radius 1 is 1.03 bits per heavy atom. The molecule has 38 heavy (non-hydrogen) atoms. The third kappa shape index (κ3) is 5.43. The molecule has 1 aliphatic heterocycles. The number of aryl methyl sites for hydroxylation is 2. The molecule has 1 fully saturated rings. The average Bonchev–Trinajstić information content (AvgIpc) is 3.31. The number of H-pyrrole nitrogens is 1. The minimum absolute atomic E-state index is 0.0632. The van der Waals surface area contributed by atoms with Crippen LogP contribution < -0.4 is 10.6 Å². The van der Waals surface area contributed by atoms with E-state index in [0.717, 1.165) is 42.5 Å². The van der Waals surface area contributed by atoms with E-state index >= 15 is 0 Å². The Morgan fingerprint density at radius 3 is 2.53 bits per heavy atom. The molecule has 0 saturated carbocycles. The number of nitrogens with zero attached hydrogens (tertiary/aromatic N) is 4. The van der Waals surface area contributed by atoms with E-state index in [0.29, 0.717) is 12.4 Å². The zero-order valence-electron chi connectivity index (χ0n) is 21.0. The average molecular weight is 544 g/mol. The third-order valence-electron chi connectivity index (χ3n) is 6.35. The van der Waals surface area contributed by atoms with Crippen LogP contribution in [0.4, 0.5) is 31.8 Å². The fourth-order valence-corrected chi connectivity index (χ4v) is 5.17. The fourth-order valence-electron chi connectivity index (χ4n) is 4.30. The number of hydrogen-bond donors (Lipinski definition) is 3. The Morgan fingerprint density at radius 2 is 1.84 bits per heavy atom. The summed E-state index contributed by atoms with van der Waals surface area (Å²) in [5, 5.41) is 6.12. The van der Waals surface area contributed by atoms with Gasteiger partial charge >= 0.3 is 0 Å². The quantitative estimate of drug-likeness (QED) is 0.279. The molecule has 1 atom stereocenters. The molecular formula is C25H27F2N7O3S. The summed E-state index contributed by atoms with van der Waals surface area (Å²) in [7, 11) is -3.66. The molecule has 4 heterocycles. The highest BCUT2D eigenvalue weighted by atomic mass is 32.2. The van der Waals surface area contributed by atoms with Gasteiger partial charge in [-0.3, -0.25) is 4.98 Å². The van der Waals surface area contributed by atoms with Crippen molar-refractivity contribution in [3.05, 3.63) is 53.2 Å². The van der Waals surface area contributed by atoms with Crippen molar-refractivity contribution in [1.82, 2.24) is 24.9 Å². The first-order chi connectivity index (χ1) is 18.1. The summed E-state index contributed by atoms with van der Waals surface area (Å²) in [5.74, 6) is 0.134. The van der Waals surface area contributed by atoms with Gasteiger partial charge in [0, 0.05) is 18.9 Å². The number of aromatic nitrogens is 5. The monoisotopic (exact) mass is 543 g/mol. The molecule has 0 bridgehead atoms. The Kier molecular flexibility index (Phi) is 6.97. The second kappa shape index (κ2) is 10.2. The molecule has 10 nitrogen and oxygen atoms in total. The van der Waals surface area contributed by atoms with Crippen molar-refractivity contribution in [3.8, 4) is 0 Å². The highest BCUT2D eigenvalue weighted by molar-refractivity contribution is 7.90. The first-order valence-corrected chi connectivity index (χ1v) is 14.0. The highest BCUT2D eigenvalue weighted by Crippen LogP contribution is 2.35. The summed E-state index contributed by atoms with van der Waals surface area (Å²) in [4.78, 5) is 19.7. The predicted octanol–water partition coefficient (Wildman–Crippen LogP) is 5.43. The van der Waals surface area contributed by atoms with Gasteiger partial charge in [-0.1, -0.05) is 6.07 Å². The number of ether oxygens (including phenoxy) is 1. The molecule has 3 aromatic heterocycles. The number of hydrogen-bond acceptors (Lipinski definition) is 9. The summed E-state index contributed by atoms with van der Waals surface area (Å²) in [5.41, 5.74) is 3.05. The molecule has 4 aromatic rings. The van der Waals surface area contributed by atoms with Gasteiger partial charge in [-0.05, 0) is 50.8 Å². The van der Waals surface area contributed by atoms with Gasteiger partial charge in [-0.2, -0.15) is 0 Å². The number of sulfone groups is 1. The van der Waals surface area contributed by atoms with E-state index in [9.17, 15) is 17.2 Å². The van der Waals surface area contributed by atoms with Crippen molar-refractivity contribution >= 4 is 44.0 Å². The van der Waals surface area contributed by atoms with E-state index in [1.807, 2.05) is 19.9 Å². The molecule has 200 valence electrons. The van der Waals surface area contributed by atoms with E-state index in [-0.39, 0.29) is 39.4 Å². The van der Waals surface area contributed by atoms with Crippen LogP contribution >= 0.6 is 0 Å². The Labute approximate surface area is 218 Å². The summed E-state index contributed by atoms with van der Waals surface area (Å²) in [6.07, 6.45) is 2.41. The largest absolute Gasteiger partial charge is 0.374 e. The van der Waals surface area contributed by atoms with Crippen molar-refractivity contribution in [2.45, 2.75) is 50.5 Å². The van der Waals surface area contributed by atoms with Gasteiger partial charge in [0.25, 0.3) is 6.43 Å². The van der Waals surface area contributed by atoms with Crippen molar-refractivity contribution in [3.63, 3.8) is 0 Å². The molecule has 0 unspecified atom stereocenters. The minimum Gasteiger partial charge on any atom is -0.374 e. The second-order valence-corrected chi connectivity index (χ2v) is 11.2. The lowest BCUT2D eigenvalue weighted by Crippen LogP contribution is -2.13. The molecule has 0 spiro atoms. The maximum Gasteiger partial charge on any atom is 0.295 e. The van der Waals surface area contributed by atoms with Gasteiger partial charge in [-0.25, -0.2) is 32.2 Å². The zero-order chi connectivity index (χ0) is 27.0. The summed E-state index contributed by atoms with van der Waals surface area (Å²) < 4.78 is 58.3. The van der Waals surface area contributed by atoms with E-state index in [2.05, 4.69) is 35.6 Å². The summed E-state index contributed by atoms with van der Waals surface area (Å²) in [6, 6.07) is 6.62. The molecule has 5 rings (SSSR count). The van der Waals surface area contributed by atoms with Gasteiger partial charge in [0.1, 0.15) is 17.2 Å². The number of imidazole rings is 1. The van der Waals surface area contributed by atoms with Crippen LogP contribution in [0, 0.1) is 13.8 Å². The molecule has 1 aliphatic rings. The van der Waals surface area contributed by atoms with Gasteiger partial charge in [0.05, 0.1) is 40.0 Å². The number of alkyl halides is 2. The Hall–Kier alpha value is -3.71. The number of nitrogens with one attached hydrogen (secondary N) is 3. The summed E-state index contributed by atoms with van der Waals surface area (Å²) in [6.45, 7) is 4.27. The number of fused-ring (bicyclic) bond motifs is 1. The first-order valence-electron chi connectivity index (χ1n) is 12.1. The zero-order valence-corrected chi connectivity index (χ0v) is 21.9. The molecule has 1 saturated heterocycles. The maximum absolute atomic E-state index is 13.5. The minimum atomic E-state index is -3.66. The van der Waals surface area contributed by atoms with Crippen LogP contribution in [-0.4, -0.2) is 46.2 Å². The van der Waals surface area contributed by atoms with Crippen molar-refractivity contribution in [2.75, 3.05) is 23.5 Å². The van der Waals surface area contributed by atoms with Gasteiger partial charge in [0.2, 0.25) is 0 Å². The number of rotatable bonds is 7. The standard InChI is InChI=1S/C25H27F2N7O3S/c1-13-14(2)29-21(12-28-13)31-20-11-17(22-24(32-20)34-25(33-22)23(26)27)30-16-8-7-15(10-19(16)38(3,35)36)18-6-4-5-9-37-18/h7-8,10-12,18,23H,4-6,9H2,1-3H3,(H3,29,30,31,32,33,34)/t18-/m0/s1. The lowest BCUT2D eigenvalue weighted by molar-refractivity contribution is 0.0148. The van der Waals surface area contributed by atoms with Gasteiger partial charge in [0.15, 0.2) is 21.3 Å². The van der Waals surface area contributed by atoms with Crippen LogP contribution in [0.25, 0.3) is 11.2 Å². The van der Waals surface area contributed by atoms with Crippen molar-refractivity contribution in [1.29, 1.82) is 0 Å². The topological polar surface area (TPSA) is 135 Å². The van der Waals surface area contributed by atoms with Crippen molar-refractivity contribution < 1.29 is 21.9 Å². The number of pyridine rings is 1. The predicted molar refractivity (Wildman–Crippen MR) is 139 cm³/mol. The Balaban J connectivity index is 1.57. The summed E-state index contributed by atoms with van der Waals surface area (Å²) >= 11 is 0. The molecule has 1 aromatic carbocycles. The van der Waals surface area contributed by atoms with Gasteiger partial charge < -0.3 is 20.4 Å². The number of halogens is 2. The first kappa shape index (κ1) is 25.9. The molecule has 0 amide bonds. The lowest BCUT2D eigenvalue weighted by atomic mass is 10.0.